The molecule has 0 rings (SSSR count). The van der Waals surface area contributed by atoms with Crippen molar-refractivity contribution in [3.05, 3.63) is 0 Å². The molecule has 0 aliphatic rings. The number of hydrogen-bond donors (Lipinski definition) is 0. The molecule has 0 spiro atoms. The summed E-state index contributed by atoms with van der Waals surface area (Å²) in [6, 6.07) is 0. The van der Waals surface area contributed by atoms with Crippen molar-refractivity contribution in [1.29, 1.82) is 0 Å². The molecule has 0 saturated carbocycles. The third-order valence-corrected chi connectivity index (χ3v) is 0. The molecule has 0 radical (unpaired) electrons. The summed E-state index contributed by atoms with van der Waals surface area (Å²) in [7, 11) is 4.21. The molecule has 0 aromatic carbocycles. The molecule has 0 N–H and O–H groups in total. The fourth-order valence-electron chi connectivity index (χ4n) is 0. The monoisotopic (exact) mass is 322 g/mol. The second-order valence-electron chi connectivity index (χ2n) is 0. The first kappa shape index (κ1) is 9.11. The maximum atomic E-state index is 8.39. The Morgan fingerprint density at radius 2 is 1.50 bits per heavy atom. The summed E-state index contributed by atoms with van der Waals surface area (Å²) in [5.41, 5.74) is 0. The first-order valence-corrected chi connectivity index (χ1v) is 6.29. The molecular weight excluding hydrogens is 322 g/mol. The zero-order valence-corrected chi connectivity index (χ0v) is 9.69. The van der Waals surface area contributed by atoms with Crippen molar-refractivity contribution in [3.63, 3.8) is 0 Å². The molecule has 0 heterocycles. The molecule has 0 saturated heterocycles. The molecule has 20 valence electrons. The van der Waals surface area contributed by atoms with Gasteiger partial charge in [-0.25, -0.2) is 0 Å². The van der Waals surface area contributed by atoms with Crippen LogP contribution in [0.4, 0.5) is 0 Å². The molecule has 0 aromatic heterocycles. The third-order valence-electron chi connectivity index (χ3n) is 0. The normalized spacial score (nSPS) is 2.50. The van der Waals surface area contributed by atoms with Gasteiger partial charge in [-0.05, 0) is 0 Å². The van der Waals surface area contributed by atoms with Crippen LogP contribution in [0, 0.1) is 0 Å². The second kappa shape index (κ2) is 24.2. The Bertz CT molecular complexity index is 10.0. The molecule has 0 amide bonds. The molecular formula is HBiOSZn. The Balaban J connectivity index is 0. The molecule has 4 heavy (non-hydrogen) atoms. The zero-order chi connectivity index (χ0) is 4.00. The van der Waals surface area contributed by atoms with Crippen LogP contribution in [0.5, 0.6) is 0 Å². The van der Waals surface area contributed by atoms with Crippen molar-refractivity contribution >= 4 is 34.8 Å². The van der Waals surface area contributed by atoms with Gasteiger partial charge in [-0.2, -0.15) is 0 Å². The van der Waals surface area contributed by atoms with Gasteiger partial charge >= 0.3 is 54.2 Å². The van der Waals surface area contributed by atoms with Crippen LogP contribution >= 0.6 is 10.1 Å². The average molecular weight is 323 g/mol. The van der Waals surface area contributed by atoms with E-state index >= 15 is 0 Å². The van der Waals surface area contributed by atoms with Crippen LogP contribution in [-0.4, -0.2) is 24.7 Å². The van der Waals surface area contributed by atoms with E-state index in [2.05, 4.69) is 10.1 Å². The summed E-state index contributed by atoms with van der Waals surface area (Å²) in [5.74, 6) is 0. The Morgan fingerprint density at radius 3 is 1.50 bits per heavy atom. The molecule has 0 fully saturated rings. The summed E-state index contributed by atoms with van der Waals surface area (Å²) in [6.45, 7) is 0. The van der Waals surface area contributed by atoms with Crippen molar-refractivity contribution in [2.45, 2.75) is 0 Å². The fraction of sp³-hybridized carbons (Fsp3) is 0. The molecule has 0 unspecified atom stereocenters. The second-order valence-corrected chi connectivity index (χ2v) is 0. The van der Waals surface area contributed by atoms with E-state index in [-0.39, 0.29) is 24.7 Å². The van der Waals surface area contributed by atoms with E-state index in [9.17, 15) is 0 Å². The molecule has 0 atom stereocenters. The van der Waals surface area contributed by atoms with Gasteiger partial charge in [0.25, 0.3) is 0 Å². The topological polar surface area (TPSA) is 17.1 Å². The fourth-order valence-corrected chi connectivity index (χ4v) is 0. The number of hydrogen-bond acceptors (Lipinski definition) is 2. The van der Waals surface area contributed by atoms with Crippen LogP contribution in [0.2, 0.25) is 0 Å². The number of rotatable bonds is 0. The van der Waals surface area contributed by atoms with E-state index < -0.39 is 0 Å². The third kappa shape index (κ3) is 9.66. The van der Waals surface area contributed by atoms with Gasteiger partial charge in [0.1, 0.15) is 0 Å². The summed E-state index contributed by atoms with van der Waals surface area (Å²) in [4.78, 5) is 0. The van der Waals surface area contributed by atoms with Crippen LogP contribution in [-0.2, 0) is 19.4 Å². The van der Waals surface area contributed by atoms with Crippen LogP contribution < -0.4 is 0 Å². The molecule has 0 aromatic rings. The van der Waals surface area contributed by atoms with E-state index in [1.165, 1.54) is 0 Å². The Kier molecular flexibility index (Phi) is 55.0. The summed E-state index contributed by atoms with van der Waals surface area (Å²) < 4.78 is 8.39. The van der Waals surface area contributed by atoms with Crippen molar-refractivity contribution in [3.8, 4) is 0 Å². The van der Waals surface area contributed by atoms with Crippen LogP contribution in [0.25, 0.3) is 0 Å². The van der Waals surface area contributed by atoms with E-state index in [0.29, 0.717) is 0 Å². The molecule has 0 aliphatic carbocycles. The van der Waals surface area contributed by atoms with Gasteiger partial charge in [0.2, 0.25) is 0 Å². The van der Waals surface area contributed by atoms with Crippen molar-refractivity contribution in [2.24, 2.45) is 0 Å². The SMILES string of the molecule is [O]=[BiH].[S]=[Zn]. The predicted octanol–water partition coefficient (Wildman–Crippen LogP) is -0.122. The molecule has 4 heteroatoms. The molecule has 0 bridgehead atoms. The van der Waals surface area contributed by atoms with Gasteiger partial charge in [0.05, 0.1) is 0 Å². The van der Waals surface area contributed by atoms with Crippen molar-refractivity contribution < 1.29 is 19.4 Å². The summed E-state index contributed by atoms with van der Waals surface area (Å²) in [6.07, 6.45) is 0. The first-order chi connectivity index (χ1) is 2.00. The van der Waals surface area contributed by atoms with Gasteiger partial charge in [0.15, 0.2) is 0 Å². The minimum absolute atomic E-state index is 0.0556. The minimum atomic E-state index is 0.0556. The van der Waals surface area contributed by atoms with Crippen LogP contribution in [0.1, 0.15) is 0 Å². The Labute approximate surface area is 53.7 Å². The quantitative estimate of drug-likeness (QED) is 0.578. The van der Waals surface area contributed by atoms with Gasteiger partial charge in [-0.1, -0.05) is 0 Å². The standard InChI is InChI=1S/Bi.O.S.Zn.H. The first-order valence-electron chi connectivity index (χ1n) is 0.493. The maximum absolute atomic E-state index is 8.39. The van der Waals surface area contributed by atoms with Crippen LogP contribution in [0.3, 0.4) is 0 Å². The van der Waals surface area contributed by atoms with Gasteiger partial charge in [-0.15, -0.1) is 0 Å². The van der Waals surface area contributed by atoms with Crippen LogP contribution in [0.15, 0.2) is 0 Å². The van der Waals surface area contributed by atoms with Gasteiger partial charge < -0.3 is 0 Å². The molecule has 0 aliphatic heterocycles. The van der Waals surface area contributed by atoms with E-state index in [4.69, 9.17) is 2.81 Å². The van der Waals surface area contributed by atoms with E-state index in [0.717, 1.165) is 16.6 Å². The van der Waals surface area contributed by atoms with Crippen molar-refractivity contribution in [2.75, 3.05) is 0 Å². The Morgan fingerprint density at radius 1 is 1.50 bits per heavy atom. The zero-order valence-electron chi connectivity index (χ0n) is 2.02. The van der Waals surface area contributed by atoms with Gasteiger partial charge in [0, 0.05) is 0 Å². The van der Waals surface area contributed by atoms with Crippen molar-refractivity contribution in [1.82, 2.24) is 0 Å². The average Bonchev–Trinajstić information content (AvgIpc) is 1.50. The Hall–Kier alpha value is 1.53. The summed E-state index contributed by atoms with van der Waals surface area (Å²) in [5, 5.41) is 0. The molecule has 1 nitrogen and oxygen atoms in total. The van der Waals surface area contributed by atoms with E-state index in [1.807, 2.05) is 0 Å². The summed E-state index contributed by atoms with van der Waals surface area (Å²) >= 11 is 1.01. The van der Waals surface area contributed by atoms with Gasteiger partial charge in [-0.3, -0.25) is 0 Å². The predicted molar refractivity (Wildman–Crippen MR) is 15.4 cm³/mol. The van der Waals surface area contributed by atoms with E-state index in [1.54, 1.807) is 0 Å².